The first-order valence-electron chi connectivity index (χ1n) is 7.78. The van der Waals surface area contributed by atoms with E-state index in [2.05, 4.69) is 4.72 Å². The molecule has 3 rings (SSSR count). The molecule has 0 amide bonds. The molecule has 1 aliphatic rings. The summed E-state index contributed by atoms with van der Waals surface area (Å²) in [4.78, 5) is 11.4. The topological polar surface area (TPSA) is 83.5 Å². The van der Waals surface area contributed by atoms with Crippen LogP contribution in [-0.2, 0) is 22.9 Å². The van der Waals surface area contributed by atoms with Gasteiger partial charge in [-0.2, -0.15) is 0 Å². The second-order valence-electron chi connectivity index (χ2n) is 6.14. The van der Waals surface area contributed by atoms with Crippen molar-refractivity contribution in [3.8, 4) is 0 Å². The van der Waals surface area contributed by atoms with Crippen LogP contribution in [0.4, 0.5) is 5.69 Å². The summed E-state index contributed by atoms with van der Waals surface area (Å²) >= 11 is 0. The van der Waals surface area contributed by atoms with Crippen LogP contribution >= 0.6 is 0 Å². The van der Waals surface area contributed by atoms with Crippen LogP contribution in [-0.4, -0.2) is 19.5 Å². The summed E-state index contributed by atoms with van der Waals surface area (Å²) in [7, 11) is -3.85. The lowest BCUT2D eigenvalue weighted by Crippen LogP contribution is -2.17. The Kier molecular flexibility index (Phi) is 4.09. The zero-order valence-corrected chi connectivity index (χ0v) is 14.4. The van der Waals surface area contributed by atoms with E-state index in [0.717, 1.165) is 28.7 Å². The molecule has 1 aliphatic carbocycles. The molecule has 6 heteroatoms. The fraction of sp³-hybridized carbons (Fsp3) is 0.278. The molecule has 0 saturated carbocycles. The van der Waals surface area contributed by atoms with Crippen LogP contribution in [0.3, 0.4) is 0 Å². The summed E-state index contributed by atoms with van der Waals surface area (Å²) in [6.07, 6.45) is 2.20. The number of hydrogen-bond acceptors (Lipinski definition) is 3. The van der Waals surface area contributed by atoms with E-state index in [4.69, 9.17) is 0 Å². The Balaban J connectivity index is 2.12. The van der Waals surface area contributed by atoms with Crippen LogP contribution in [0.5, 0.6) is 0 Å². The molecule has 0 aromatic heterocycles. The predicted octanol–water partition coefficient (Wildman–Crippen LogP) is 3.29. The number of nitrogens with one attached hydrogen (secondary N) is 1. The number of sulfonamides is 1. The molecule has 0 radical (unpaired) electrons. The zero-order valence-electron chi connectivity index (χ0n) is 13.6. The van der Waals surface area contributed by atoms with Gasteiger partial charge in [-0.3, -0.25) is 4.72 Å². The highest BCUT2D eigenvalue weighted by Gasteiger charge is 2.26. The average Bonchev–Trinajstić information content (AvgIpc) is 2.98. The first-order chi connectivity index (χ1) is 11.3. The van der Waals surface area contributed by atoms with Gasteiger partial charge in [0.2, 0.25) is 0 Å². The first-order valence-corrected chi connectivity index (χ1v) is 9.26. The second-order valence-corrected chi connectivity index (χ2v) is 7.79. The summed E-state index contributed by atoms with van der Waals surface area (Å²) in [5, 5.41) is 9.27. The van der Waals surface area contributed by atoms with E-state index < -0.39 is 16.0 Å². The van der Waals surface area contributed by atoms with Crippen LogP contribution in [0.25, 0.3) is 0 Å². The Morgan fingerprint density at radius 1 is 1.12 bits per heavy atom. The number of anilines is 1. The lowest BCUT2D eigenvalue weighted by molar-refractivity contribution is 0.0696. The Morgan fingerprint density at radius 2 is 1.79 bits per heavy atom. The third-order valence-corrected chi connectivity index (χ3v) is 5.84. The minimum atomic E-state index is -3.85. The van der Waals surface area contributed by atoms with E-state index >= 15 is 0 Å². The van der Waals surface area contributed by atoms with Gasteiger partial charge in [-0.25, -0.2) is 13.2 Å². The lowest BCUT2D eigenvalue weighted by Gasteiger charge is -2.16. The standard InChI is InChI=1S/C18H19NO4S/c1-11-5-3-6-12(2)17(11)19-24(22,23)16-10-14(18(20)21)9-13-7-4-8-15(13)16/h3,5-6,9-10,19H,4,7-8H2,1-2H3,(H,20,21). The smallest absolute Gasteiger partial charge is 0.335 e. The van der Waals surface area contributed by atoms with Crippen LogP contribution in [0.1, 0.15) is 39.0 Å². The highest BCUT2D eigenvalue weighted by Crippen LogP contribution is 2.32. The molecule has 2 aromatic carbocycles. The van der Waals surface area contributed by atoms with Crippen molar-refractivity contribution >= 4 is 21.7 Å². The van der Waals surface area contributed by atoms with Crippen molar-refractivity contribution in [1.82, 2.24) is 0 Å². The molecule has 0 heterocycles. The zero-order chi connectivity index (χ0) is 17.5. The quantitative estimate of drug-likeness (QED) is 0.890. The van der Waals surface area contributed by atoms with Crippen molar-refractivity contribution < 1.29 is 18.3 Å². The van der Waals surface area contributed by atoms with Gasteiger partial charge in [0.25, 0.3) is 10.0 Å². The molecule has 24 heavy (non-hydrogen) atoms. The van der Waals surface area contributed by atoms with E-state index in [0.29, 0.717) is 18.5 Å². The Labute approximate surface area is 141 Å². The molecule has 0 spiro atoms. The number of hydrogen-bond donors (Lipinski definition) is 2. The van der Waals surface area contributed by atoms with Crippen molar-refractivity contribution in [2.24, 2.45) is 0 Å². The minimum absolute atomic E-state index is 0.0116. The lowest BCUT2D eigenvalue weighted by atomic mass is 10.1. The van der Waals surface area contributed by atoms with E-state index in [1.165, 1.54) is 6.07 Å². The molecule has 0 unspecified atom stereocenters. The molecule has 0 saturated heterocycles. The predicted molar refractivity (Wildman–Crippen MR) is 92.2 cm³/mol. The Hall–Kier alpha value is -2.34. The van der Waals surface area contributed by atoms with Gasteiger partial charge in [-0.1, -0.05) is 18.2 Å². The maximum Gasteiger partial charge on any atom is 0.335 e. The van der Waals surface area contributed by atoms with Crippen molar-refractivity contribution in [3.63, 3.8) is 0 Å². The number of aromatic carboxylic acids is 1. The number of fused-ring (bicyclic) bond motifs is 1. The summed E-state index contributed by atoms with van der Waals surface area (Å²) in [5.74, 6) is -1.12. The van der Waals surface area contributed by atoms with Crippen molar-refractivity contribution in [2.75, 3.05) is 4.72 Å². The van der Waals surface area contributed by atoms with E-state index in [9.17, 15) is 18.3 Å². The van der Waals surface area contributed by atoms with Gasteiger partial charge in [0, 0.05) is 0 Å². The number of rotatable bonds is 4. The van der Waals surface area contributed by atoms with Crippen LogP contribution in [0, 0.1) is 13.8 Å². The number of carboxylic acids is 1. The number of aryl methyl sites for hydroxylation is 3. The molecule has 2 aromatic rings. The summed E-state index contributed by atoms with van der Waals surface area (Å²) < 4.78 is 28.5. The second kappa shape index (κ2) is 5.94. The van der Waals surface area contributed by atoms with E-state index in [1.807, 2.05) is 32.0 Å². The maximum absolute atomic E-state index is 12.9. The summed E-state index contributed by atoms with van der Waals surface area (Å²) in [5.41, 5.74) is 3.76. The van der Waals surface area contributed by atoms with Gasteiger partial charge in [-0.05, 0) is 67.5 Å². The molecule has 2 N–H and O–H groups in total. The summed E-state index contributed by atoms with van der Waals surface area (Å²) in [6.45, 7) is 3.67. The van der Waals surface area contributed by atoms with Crippen LogP contribution in [0.15, 0.2) is 35.2 Å². The van der Waals surface area contributed by atoms with Crippen LogP contribution < -0.4 is 4.72 Å². The van der Waals surface area contributed by atoms with E-state index in [1.54, 1.807) is 6.07 Å². The molecular formula is C18H19NO4S. The van der Waals surface area contributed by atoms with Gasteiger partial charge in [0.05, 0.1) is 16.1 Å². The molecular weight excluding hydrogens is 326 g/mol. The third-order valence-electron chi connectivity index (χ3n) is 4.43. The highest BCUT2D eigenvalue weighted by molar-refractivity contribution is 7.92. The molecule has 0 bridgehead atoms. The number of carbonyl (C=O) groups is 1. The maximum atomic E-state index is 12.9. The molecule has 5 nitrogen and oxygen atoms in total. The van der Waals surface area contributed by atoms with Gasteiger partial charge < -0.3 is 5.11 Å². The Morgan fingerprint density at radius 3 is 2.42 bits per heavy atom. The molecule has 126 valence electrons. The normalized spacial score (nSPS) is 13.6. The summed E-state index contributed by atoms with van der Waals surface area (Å²) in [6, 6.07) is 8.39. The average molecular weight is 345 g/mol. The van der Waals surface area contributed by atoms with Crippen molar-refractivity contribution in [1.29, 1.82) is 0 Å². The van der Waals surface area contributed by atoms with Crippen LogP contribution in [0.2, 0.25) is 0 Å². The third kappa shape index (κ3) is 2.89. The fourth-order valence-corrected chi connectivity index (χ4v) is 4.73. The largest absolute Gasteiger partial charge is 0.478 e. The van der Waals surface area contributed by atoms with E-state index in [-0.39, 0.29) is 10.5 Å². The van der Waals surface area contributed by atoms with Crippen molar-refractivity contribution in [2.45, 2.75) is 38.0 Å². The minimum Gasteiger partial charge on any atom is -0.478 e. The van der Waals surface area contributed by atoms with Gasteiger partial charge in [0.15, 0.2) is 0 Å². The van der Waals surface area contributed by atoms with Gasteiger partial charge in [0.1, 0.15) is 0 Å². The van der Waals surface area contributed by atoms with Gasteiger partial charge >= 0.3 is 5.97 Å². The number of para-hydroxylation sites is 1. The molecule has 0 aliphatic heterocycles. The molecule has 0 fully saturated rings. The van der Waals surface area contributed by atoms with Crippen molar-refractivity contribution in [3.05, 3.63) is 58.1 Å². The molecule has 0 atom stereocenters. The fourth-order valence-electron chi connectivity index (χ4n) is 3.19. The Bertz CT molecular complexity index is 912. The SMILES string of the molecule is Cc1cccc(C)c1NS(=O)(=O)c1cc(C(=O)O)cc2c1CCC2. The number of carboxylic acid groups (broad SMARTS) is 1. The van der Waals surface area contributed by atoms with Gasteiger partial charge in [-0.15, -0.1) is 0 Å². The monoisotopic (exact) mass is 345 g/mol. The highest BCUT2D eigenvalue weighted by atomic mass is 32.2. The first kappa shape index (κ1) is 16.5. The number of benzene rings is 2.